The van der Waals surface area contributed by atoms with Crippen LogP contribution >= 0.6 is 11.6 Å². The van der Waals surface area contributed by atoms with Crippen molar-refractivity contribution in [2.24, 2.45) is 0 Å². The predicted octanol–water partition coefficient (Wildman–Crippen LogP) is 2.96. The third-order valence-electron chi connectivity index (χ3n) is 8.57. The highest BCUT2D eigenvalue weighted by Gasteiger charge is 2.33. The summed E-state index contributed by atoms with van der Waals surface area (Å²) in [7, 11) is -1.48. The Kier molecular flexibility index (Phi) is 7.96. The lowest BCUT2D eigenvalue weighted by atomic mass is 9.97. The van der Waals surface area contributed by atoms with E-state index in [0.29, 0.717) is 31.4 Å². The minimum absolute atomic E-state index is 0.0291. The van der Waals surface area contributed by atoms with Gasteiger partial charge in [-0.3, -0.25) is 4.79 Å². The van der Waals surface area contributed by atoms with Gasteiger partial charge in [-0.1, -0.05) is 23.7 Å². The standard InChI is InChI=1S/C27H37ClN6O3S/c1-19-25(29-18-30-26(19)34-16-11-23-20(17-34)5-4-6-24(23)28)27(35)33-14-9-22(10-15-33)32-12-7-21(8-13-32)31(2)38(3,36)37/h4-6,18,21-22H,7-17H2,1-3H3. The predicted molar refractivity (Wildman–Crippen MR) is 149 cm³/mol. The molecule has 0 unspecified atom stereocenters. The zero-order chi connectivity index (χ0) is 27.0. The lowest BCUT2D eigenvalue weighted by Crippen LogP contribution is -2.52. The second-order valence-corrected chi connectivity index (χ2v) is 13.2. The summed E-state index contributed by atoms with van der Waals surface area (Å²) in [6.07, 6.45) is 7.15. The van der Waals surface area contributed by atoms with Crippen LogP contribution < -0.4 is 4.90 Å². The second kappa shape index (κ2) is 11.1. The van der Waals surface area contributed by atoms with E-state index in [1.54, 1.807) is 7.05 Å². The van der Waals surface area contributed by atoms with Crippen molar-refractivity contribution in [2.75, 3.05) is 50.9 Å². The van der Waals surface area contributed by atoms with Gasteiger partial charge in [-0.25, -0.2) is 22.7 Å². The van der Waals surface area contributed by atoms with Gasteiger partial charge in [0.15, 0.2) is 0 Å². The van der Waals surface area contributed by atoms with Crippen molar-refractivity contribution in [1.82, 2.24) is 24.1 Å². The fraction of sp³-hybridized carbons (Fsp3) is 0.593. The van der Waals surface area contributed by atoms with Crippen LogP contribution in [0.15, 0.2) is 24.5 Å². The first-order valence-electron chi connectivity index (χ1n) is 13.4. The molecule has 0 aliphatic carbocycles. The zero-order valence-corrected chi connectivity index (χ0v) is 24.0. The summed E-state index contributed by atoms with van der Waals surface area (Å²) in [5.74, 6) is 0.782. The Bertz CT molecular complexity index is 1290. The van der Waals surface area contributed by atoms with E-state index in [-0.39, 0.29) is 11.9 Å². The van der Waals surface area contributed by atoms with Gasteiger partial charge in [-0.15, -0.1) is 0 Å². The van der Waals surface area contributed by atoms with Crippen LogP contribution in [0, 0.1) is 6.92 Å². The number of anilines is 1. The minimum Gasteiger partial charge on any atom is -0.352 e. The number of piperidine rings is 2. The second-order valence-electron chi connectivity index (χ2n) is 10.8. The molecule has 4 heterocycles. The van der Waals surface area contributed by atoms with Crippen molar-refractivity contribution < 1.29 is 13.2 Å². The van der Waals surface area contributed by atoms with Gasteiger partial charge in [0.05, 0.1) is 6.26 Å². The average Bonchev–Trinajstić information content (AvgIpc) is 2.92. The van der Waals surface area contributed by atoms with Gasteiger partial charge < -0.3 is 14.7 Å². The first-order valence-corrected chi connectivity index (χ1v) is 15.6. The third kappa shape index (κ3) is 5.54. The summed E-state index contributed by atoms with van der Waals surface area (Å²) in [6, 6.07) is 6.51. The van der Waals surface area contributed by atoms with Crippen LogP contribution in [0.1, 0.15) is 52.9 Å². The molecule has 11 heteroatoms. The Labute approximate surface area is 230 Å². The van der Waals surface area contributed by atoms with Crippen molar-refractivity contribution in [3.05, 3.63) is 51.9 Å². The van der Waals surface area contributed by atoms with Gasteiger partial charge in [0.1, 0.15) is 17.8 Å². The summed E-state index contributed by atoms with van der Waals surface area (Å²) < 4.78 is 25.3. The highest BCUT2D eigenvalue weighted by molar-refractivity contribution is 7.88. The maximum Gasteiger partial charge on any atom is 0.272 e. The maximum absolute atomic E-state index is 13.5. The Hall–Kier alpha value is -2.27. The van der Waals surface area contributed by atoms with Gasteiger partial charge >= 0.3 is 0 Å². The number of hydrogen-bond donors (Lipinski definition) is 0. The minimum atomic E-state index is -3.16. The van der Waals surface area contributed by atoms with Crippen LogP contribution in [-0.2, 0) is 23.0 Å². The number of nitrogens with zero attached hydrogens (tertiary/aromatic N) is 6. The summed E-state index contributed by atoms with van der Waals surface area (Å²) in [4.78, 5) is 29.1. The molecule has 1 amide bonds. The van der Waals surface area contributed by atoms with E-state index in [2.05, 4.69) is 25.8 Å². The van der Waals surface area contributed by atoms with E-state index >= 15 is 0 Å². The number of benzene rings is 1. The summed E-state index contributed by atoms with van der Waals surface area (Å²) in [5.41, 5.74) is 3.70. The molecular weight excluding hydrogens is 524 g/mol. The Morgan fingerprint density at radius 3 is 2.45 bits per heavy atom. The molecular formula is C27H37ClN6O3S. The van der Waals surface area contributed by atoms with E-state index in [1.165, 1.54) is 28.0 Å². The van der Waals surface area contributed by atoms with Gasteiger partial charge in [0, 0.05) is 55.9 Å². The van der Waals surface area contributed by atoms with E-state index in [9.17, 15) is 13.2 Å². The SMILES string of the molecule is Cc1c(C(=O)N2CCC(N3CCC(N(C)S(C)(=O)=O)CC3)CC2)ncnc1N1CCc2c(Cl)cccc2C1. The topological polar surface area (TPSA) is 90.0 Å². The molecule has 0 spiro atoms. The number of carbonyl (C=O) groups excluding carboxylic acids is 1. The average molecular weight is 561 g/mol. The third-order valence-corrected chi connectivity index (χ3v) is 10.3. The molecule has 0 radical (unpaired) electrons. The highest BCUT2D eigenvalue weighted by atomic mass is 35.5. The molecule has 0 atom stereocenters. The Morgan fingerprint density at radius 1 is 1.05 bits per heavy atom. The molecule has 1 aromatic heterocycles. The van der Waals surface area contributed by atoms with E-state index < -0.39 is 10.0 Å². The number of amides is 1. The van der Waals surface area contributed by atoms with E-state index in [0.717, 1.165) is 68.1 Å². The maximum atomic E-state index is 13.5. The fourth-order valence-electron chi connectivity index (χ4n) is 6.19. The van der Waals surface area contributed by atoms with Crippen molar-refractivity contribution in [3.8, 4) is 0 Å². The first-order chi connectivity index (χ1) is 18.1. The van der Waals surface area contributed by atoms with Gasteiger partial charge in [-0.05, 0) is 69.3 Å². The Morgan fingerprint density at radius 2 is 1.76 bits per heavy atom. The molecule has 9 nitrogen and oxygen atoms in total. The van der Waals surface area contributed by atoms with Crippen LogP contribution in [0.25, 0.3) is 0 Å². The molecule has 5 rings (SSSR count). The van der Waals surface area contributed by atoms with Crippen LogP contribution in [0.3, 0.4) is 0 Å². The van der Waals surface area contributed by atoms with E-state index in [1.807, 2.05) is 24.0 Å². The van der Waals surface area contributed by atoms with Gasteiger partial charge in [-0.2, -0.15) is 0 Å². The molecule has 1 aromatic carbocycles. The summed E-state index contributed by atoms with van der Waals surface area (Å²) in [6.45, 7) is 6.62. The number of carbonyl (C=O) groups is 1. The normalized spacial score (nSPS) is 20.1. The lowest BCUT2D eigenvalue weighted by molar-refractivity contribution is 0.0542. The Balaban J connectivity index is 1.19. The quantitative estimate of drug-likeness (QED) is 0.555. The van der Waals surface area contributed by atoms with E-state index in [4.69, 9.17) is 11.6 Å². The number of aromatic nitrogens is 2. The molecule has 0 saturated carbocycles. The van der Waals surface area contributed by atoms with Crippen molar-refractivity contribution in [3.63, 3.8) is 0 Å². The van der Waals surface area contributed by atoms with Crippen molar-refractivity contribution in [2.45, 2.75) is 57.7 Å². The molecule has 0 N–H and O–H groups in total. The zero-order valence-electron chi connectivity index (χ0n) is 22.4. The lowest BCUT2D eigenvalue weighted by Gasteiger charge is -2.43. The molecule has 2 saturated heterocycles. The number of halogens is 1. The number of fused-ring (bicyclic) bond motifs is 1. The highest BCUT2D eigenvalue weighted by Crippen LogP contribution is 2.31. The molecule has 0 bridgehead atoms. The molecule has 3 aliphatic heterocycles. The van der Waals surface area contributed by atoms with Gasteiger partial charge in [0.2, 0.25) is 10.0 Å². The number of hydrogen-bond acceptors (Lipinski definition) is 7. The molecule has 3 aliphatic rings. The largest absolute Gasteiger partial charge is 0.352 e. The van der Waals surface area contributed by atoms with Crippen molar-refractivity contribution in [1.29, 1.82) is 0 Å². The van der Waals surface area contributed by atoms with Crippen molar-refractivity contribution >= 4 is 33.3 Å². The molecule has 2 fully saturated rings. The monoisotopic (exact) mass is 560 g/mol. The van der Waals surface area contributed by atoms with Gasteiger partial charge in [0.25, 0.3) is 5.91 Å². The van der Waals surface area contributed by atoms with Crippen LogP contribution in [-0.4, -0.2) is 96.5 Å². The summed E-state index contributed by atoms with van der Waals surface area (Å²) >= 11 is 6.39. The molecule has 206 valence electrons. The molecule has 38 heavy (non-hydrogen) atoms. The fourth-order valence-corrected chi connectivity index (χ4v) is 7.23. The van der Waals surface area contributed by atoms with Crippen LogP contribution in [0.5, 0.6) is 0 Å². The first kappa shape index (κ1) is 27.3. The van der Waals surface area contributed by atoms with Crippen LogP contribution in [0.4, 0.5) is 5.82 Å². The molecule has 2 aromatic rings. The van der Waals surface area contributed by atoms with Crippen LogP contribution in [0.2, 0.25) is 5.02 Å². The number of likely N-dealkylation sites (tertiary alicyclic amines) is 2. The smallest absolute Gasteiger partial charge is 0.272 e. The summed E-state index contributed by atoms with van der Waals surface area (Å²) in [5, 5.41) is 0.812. The number of sulfonamides is 1. The number of rotatable bonds is 5.